The molecule has 14 heavy (non-hydrogen) atoms. The summed E-state index contributed by atoms with van der Waals surface area (Å²) in [6.45, 7) is 6.64. The molecule has 1 amide bonds. The summed E-state index contributed by atoms with van der Waals surface area (Å²) in [6.07, 6.45) is 0.469. The molecule has 0 aliphatic carbocycles. The maximum absolute atomic E-state index is 10.6. The minimum absolute atomic E-state index is 0.214. The number of hydrogen-bond acceptors (Lipinski definition) is 4. The molecule has 1 heterocycles. The van der Waals surface area contributed by atoms with Gasteiger partial charge >= 0.3 is 0 Å². The van der Waals surface area contributed by atoms with Crippen LogP contribution in [0.5, 0.6) is 0 Å². The van der Waals surface area contributed by atoms with Gasteiger partial charge in [0.25, 0.3) is 0 Å². The van der Waals surface area contributed by atoms with Gasteiger partial charge in [0.2, 0.25) is 5.91 Å². The van der Waals surface area contributed by atoms with E-state index >= 15 is 0 Å². The van der Waals surface area contributed by atoms with Gasteiger partial charge in [0.15, 0.2) is 0 Å². The standard InChI is InChI=1S/C9H20N4O/c10-2-4-13-7-5-12(6-8-13)3-1-9(11)14/h1-8,10H2,(H2,11,14). The molecular weight excluding hydrogens is 180 g/mol. The highest BCUT2D eigenvalue weighted by Crippen LogP contribution is 2.01. The fourth-order valence-electron chi connectivity index (χ4n) is 1.69. The van der Waals surface area contributed by atoms with Crippen LogP contribution in [0.4, 0.5) is 0 Å². The summed E-state index contributed by atoms with van der Waals surface area (Å²) in [4.78, 5) is 15.2. The molecular formula is C9H20N4O. The lowest BCUT2D eigenvalue weighted by molar-refractivity contribution is -0.118. The van der Waals surface area contributed by atoms with Crippen LogP contribution >= 0.6 is 0 Å². The molecule has 0 atom stereocenters. The number of piperazine rings is 1. The Bertz CT molecular complexity index is 178. The average molecular weight is 200 g/mol. The molecule has 0 saturated carbocycles. The van der Waals surface area contributed by atoms with E-state index in [9.17, 15) is 4.79 Å². The lowest BCUT2D eigenvalue weighted by atomic mass is 10.3. The summed E-state index contributed by atoms with van der Waals surface area (Å²) in [5.74, 6) is -0.214. The molecule has 82 valence electrons. The summed E-state index contributed by atoms with van der Waals surface area (Å²) in [5.41, 5.74) is 10.6. The van der Waals surface area contributed by atoms with E-state index in [1.54, 1.807) is 0 Å². The SMILES string of the molecule is NCCN1CCN(CCC(N)=O)CC1. The number of carbonyl (C=O) groups is 1. The van der Waals surface area contributed by atoms with Crippen LogP contribution in [0.25, 0.3) is 0 Å². The number of carbonyl (C=O) groups excluding carboxylic acids is 1. The first-order valence-corrected chi connectivity index (χ1v) is 5.15. The zero-order valence-corrected chi connectivity index (χ0v) is 8.61. The van der Waals surface area contributed by atoms with E-state index in [-0.39, 0.29) is 5.91 Å². The van der Waals surface area contributed by atoms with Gasteiger partial charge < -0.3 is 16.4 Å². The number of nitrogens with two attached hydrogens (primary N) is 2. The van der Waals surface area contributed by atoms with Crippen molar-refractivity contribution in [1.82, 2.24) is 9.80 Å². The lowest BCUT2D eigenvalue weighted by Crippen LogP contribution is -2.48. The maximum Gasteiger partial charge on any atom is 0.218 e. The van der Waals surface area contributed by atoms with Gasteiger partial charge in [-0.1, -0.05) is 0 Å². The van der Waals surface area contributed by atoms with E-state index < -0.39 is 0 Å². The van der Waals surface area contributed by atoms with Crippen LogP contribution in [0.2, 0.25) is 0 Å². The van der Waals surface area contributed by atoms with Crippen LogP contribution in [0.1, 0.15) is 6.42 Å². The molecule has 0 radical (unpaired) electrons. The van der Waals surface area contributed by atoms with E-state index in [1.165, 1.54) is 0 Å². The predicted molar refractivity (Wildman–Crippen MR) is 55.7 cm³/mol. The fraction of sp³-hybridized carbons (Fsp3) is 0.889. The highest BCUT2D eigenvalue weighted by Gasteiger charge is 2.15. The molecule has 0 unspecified atom stereocenters. The summed E-state index contributed by atoms with van der Waals surface area (Å²) in [6, 6.07) is 0. The molecule has 5 nitrogen and oxygen atoms in total. The fourth-order valence-corrected chi connectivity index (χ4v) is 1.69. The van der Waals surface area contributed by atoms with Crippen molar-refractivity contribution >= 4 is 5.91 Å². The van der Waals surface area contributed by atoms with Crippen molar-refractivity contribution in [2.24, 2.45) is 11.5 Å². The minimum atomic E-state index is -0.214. The van der Waals surface area contributed by atoms with Crippen molar-refractivity contribution in [1.29, 1.82) is 0 Å². The monoisotopic (exact) mass is 200 g/mol. The Morgan fingerprint density at radius 3 is 2.00 bits per heavy atom. The van der Waals surface area contributed by atoms with Gasteiger partial charge in [-0.25, -0.2) is 0 Å². The van der Waals surface area contributed by atoms with Crippen molar-refractivity contribution in [3.05, 3.63) is 0 Å². The van der Waals surface area contributed by atoms with Gasteiger partial charge in [-0.15, -0.1) is 0 Å². The number of rotatable bonds is 5. The Kier molecular flexibility index (Phi) is 4.86. The topological polar surface area (TPSA) is 75.6 Å². The molecule has 1 aliphatic heterocycles. The first-order chi connectivity index (χ1) is 6.72. The quantitative estimate of drug-likeness (QED) is 0.563. The lowest BCUT2D eigenvalue weighted by Gasteiger charge is -2.34. The van der Waals surface area contributed by atoms with Gasteiger partial charge in [0.05, 0.1) is 0 Å². The van der Waals surface area contributed by atoms with E-state index in [1.807, 2.05) is 0 Å². The van der Waals surface area contributed by atoms with Gasteiger partial charge in [-0.3, -0.25) is 9.69 Å². The van der Waals surface area contributed by atoms with Crippen LogP contribution in [0.15, 0.2) is 0 Å². The Morgan fingerprint density at radius 1 is 1.07 bits per heavy atom. The smallest absolute Gasteiger partial charge is 0.218 e. The highest BCUT2D eigenvalue weighted by molar-refractivity contribution is 5.73. The largest absolute Gasteiger partial charge is 0.370 e. The molecule has 5 heteroatoms. The van der Waals surface area contributed by atoms with E-state index in [2.05, 4.69) is 9.80 Å². The van der Waals surface area contributed by atoms with Gasteiger partial charge in [0, 0.05) is 52.2 Å². The summed E-state index contributed by atoms with van der Waals surface area (Å²) in [7, 11) is 0. The molecule has 0 aromatic heterocycles. The van der Waals surface area contributed by atoms with Gasteiger partial charge in [0.1, 0.15) is 0 Å². The third-order valence-corrected chi connectivity index (χ3v) is 2.58. The van der Waals surface area contributed by atoms with Crippen molar-refractivity contribution in [3.63, 3.8) is 0 Å². The molecule has 0 aromatic rings. The Balaban J connectivity index is 2.12. The van der Waals surface area contributed by atoms with Crippen LogP contribution in [-0.2, 0) is 4.79 Å². The summed E-state index contributed by atoms with van der Waals surface area (Å²) >= 11 is 0. The highest BCUT2D eigenvalue weighted by atomic mass is 16.1. The van der Waals surface area contributed by atoms with Crippen LogP contribution in [0.3, 0.4) is 0 Å². The molecule has 4 N–H and O–H groups in total. The second-order valence-electron chi connectivity index (χ2n) is 3.69. The van der Waals surface area contributed by atoms with E-state index in [0.717, 1.165) is 45.8 Å². The molecule has 1 saturated heterocycles. The van der Waals surface area contributed by atoms with E-state index in [0.29, 0.717) is 6.42 Å². The Hall–Kier alpha value is -0.650. The summed E-state index contributed by atoms with van der Waals surface area (Å²) in [5, 5.41) is 0. The molecule has 1 fully saturated rings. The predicted octanol–water partition coefficient (Wildman–Crippen LogP) is -1.56. The molecule has 1 rings (SSSR count). The first-order valence-electron chi connectivity index (χ1n) is 5.15. The van der Waals surface area contributed by atoms with Gasteiger partial charge in [-0.05, 0) is 0 Å². The maximum atomic E-state index is 10.6. The van der Waals surface area contributed by atoms with Gasteiger partial charge in [-0.2, -0.15) is 0 Å². The third kappa shape index (κ3) is 4.04. The normalized spacial score (nSPS) is 19.8. The average Bonchev–Trinajstić information content (AvgIpc) is 2.17. The van der Waals surface area contributed by atoms with Crippen molar-refractivity contribution < 1.29 is 4.79 Å². The number of nitrogens with zero attached hydrogens (tertiary/aromatic N) is 2. The first kappa shape index (κ1) is 11.4. The van der Waals surface area contributed by atoms with E-state index in [4.69, 9.17) is 11.5 Å². The van der Waals surface area contributed by atoms with Crippen molar-refractivity contribution in [2.75, 3.05) is 45.8 Å². The number of primary amides is 1. The van der Waals surface area contributed by atoms with Crippen LogP contribution in [-0.4, -0.2) is 61.5 Å². The van der Waals surface area contributed by atoms with Crippen LogP contribution in [0, 0.1) is 0 Å². The second-order valence-corrected chi connectivity index (χ2v) is 3.69. The van der Waals surface area contributed by atoms with Crippen molar-refractivity contribution in [3.8, 4) is 0 Å². The summed E-state index contributed by atoms with van der Waals surface area (Å²) < 4.78 is 0. The zero-order chi connectivity index (χ0) is 10.4. The minimum Gasteiger partial charge on any atom is -0.370 e. The molecule has 0 spiro atoms. The molecule has 0 aromatic carbocycles. The Labute approximate surface area is 85.0 Å². The molecule has 1 aliphatic rings. The zero-order valence-electron chi connectivity index (χ0n) is 8.61. The Morgan fingerprint density at radius 2 is 1.57 bits per heavy atom. The van der Waals surface area contributed by atoms with Crippen molar-refractivity contribution in [2.45, 2.75) is 6.42 Å². The number of hydrogen-bond donors (Lipinski definition) is 2. The van der Waals surface area contributed by atoms with Crippen LogP contribution < -0.4 is 11.5 Å². The molecule has 0 bridgehead atoms. The number of amides is 1. The second kappa shape index (κ2) is 5.95. The third-order valence-electron chi connectivity index (χ3n) is 2.58.